The molecule has 1 N–H and O–H groups in total. The van der Waals surface area contributed by atoms with E-state index in [4.69, 9.17) is 4.74 Å². The Bertz CT molecular complexity index is 407. The highest BCUT2D eigenvalue weighted by molar-refractivity contribution is 5.91. The molecule has 0 spiro atoms. The summed E-state index contributed by atoms with van der Waals surface area (Å²) in [4.78, 5) is 11.5. The molecule has 1 aromatic carbocycles. The predicted octanol–water partition coefficient (Wildman–Crippen LogP) is 2.34. The molecule has 3 nitrogen and oxygen atoms in total. The van der Waals surface area contributed by atoms with E-state index in [0.717, 1.165) is 11.3 Å². The second kappa shape index (κ2) is 5.53. The Balaban J connectivity index is 2.15. The zero-order valence-electron chi connectivity index (χ0n) is 9.98. The summed E-state index contributed by atoms with van der Waals surface area (Å²) in [5.41, 5.74) is 1.87. The average Bonchev–Trinajstić information content (AvgIpc) is 3.14. The van der Waals surface area contributed by atoms with Crippen LogP contribution in [0, 0.1) is 0 Å². The van der Waals surface area contributed by atoms with Crippen molar-refractivity contribution in [1.82, 2.24) is 5.32 Å². The fourth-order valence-corrected chi connectivity index (χ4v) is 1.58. The van der Waals surface area contributed by atoms with Crippen molar-refractivity contribution >= 4 is 11.7 Å². The van der Waals surface area contributed by atoms with Crippen LogP contribution in [-0.2, 0) is 9.53 Å². The fourth-order valence-electron chi connectivity index (χ4n) is 1.58. The van der Waals surface area contributed by atoms with Crippen LogP contribution < -0.4 is 5.32 Å². The van der Waals surface area contributed by atoms with Crippen LogP contribution in [0.4, 0.5) is 0 Å². The monoisotopic (exact) mass is 231 g/mol. The van der Waals surface area contributed by atoms with Gasteiger partial charge in [-0.2, -0.15) is 0 Å². The lowest BCUT2D eigenvalue weighted by Crippen LogP contribution is -2.16. The summed E-state index contributed by atoms with van der Waals surface area (Å²) in [7, 11) is 0. The van der Waals surface area contributed by atoms with Crippen molar-refractivity contribution in [2.24, 2.45) is 0 Å². The Hall–Kier alpha value is -1.77. The molecule has 1 aliphatic carbocycles. The van der Waals surface area contributed by atoms with Gasteiger partial charge < -0.3 is 10.1 Å². The van der Waals surface area contributed by atoms with Crippen LogP contribution in [0.3, 0.4) is 0 Å². The lowest BCUT2D eigenvalue weighted by molar-refractivity contribution is -0.137. The Labute approximate surface area is 101 Å². The summed E-state index contributed by atoms with van der Waals surface area (Å²) < 4.78 is 4.94. The van der Waals surface area contributed by atoms with E-state index in [-0.39, 0.29) is 5.97 Å². The first-order valence-electron chi connectivity index (χ1n) is 6.00. The second-order valence-electron chi connectivity index (χ2n) is 4.09. The van der Waals surface area contributed by atoms with Gasteiger partial charge in [-0.1, -0.05) is 30.3 Å². The van der Waals surface area contributed by atoms with Crippen molar-refractivity contribution in [2.45, 2.75) is 25.8 Å². The second-order valence-corrected chi connectivity index (χ2v) is 4.09. The molecule has 0 bridgehead atoms. The Morgan fingerprint density at radius 3 is 2.71 bits per heavy atom. The summed E-state index contributed by atoms with van der Waals surface area (Å²) >= 11 is 0. The minimum Gasteiger partial charge on any atom is -0.463 e. The minimum absolute atomic E-state index is 0.292. The maximum Gasteiger partial charge on any atom is 0.332 e. The van der Waals surface area contributed by atoms with Crippen LogP contribution >= 0.6 is 0 Å². The van der Waals surface area contributed by atoms with E-state index in [2.05, 4.69) is 5.32 Å². The summed E-state index contributed by atoms with van der Waals surface area (Å²) in [6.45, 7) is 2.21. The highest BCUT2D eigenvalue weighted by Crippen LogP contribution is 2.23. The predicted molar refractivity (Wildman–Crippen MR) is 67.2 cm³/mol. The molecule has 3 heteroatoms. The summed E-state index contributed by atoms with van der Waals surface area (Å²) in [5.74, 6) is -0.292. The molecule has 1 saturated carbocycles. The van der Waals surface area contributed by atoms with Crippen LogP contribution in [0.15, 0.2) is 36.4 Å². The number of carbonyl (C=O) groups excluding carboxylic acids is 1. The molecule has 0 aliphatic heterocycles. The summed E-state index contributed by atoms with van der Waals surface area (Å²) in [6, 6.07) is 10.4. The van der Waals surface area contributed by atoms with Crippen molar-refractivity contribution in [3.8, 4) is 0 Å². The number of benzene rings is 1. The smallest absolute Gasteiger partial charge is 0.332 e. The van der Waals surface area contributed by atoms with Crippen LogP contribution in [0.5, 0.6) is 0 Å². The summed E-state index contributed by atoms with van der Waals surface area (Å²) in [5, 5.41) is 3.36. The first kappa shape index (κ1) is 11.7. The minimum atomic E-state index is -0.292. The zero-order chi connectivity index (χ0) is 12.1. The van der Waals surface area contributed by atoms with Gasteiger partial charge in [0.1, 0.15) is 0 Å². The molecule has 90 valence electrons. The fraction of sp³-hybridized carbons (Fsp3) is 0.357. The molecule has 0 unspecified atom stereocenters. The lowest BCUT2D eigenvalue weighted by Gasteiger charge is -2.10. The van der Waals surface area contributed by atoms with Gasteiger partial charge in [0.25, 0.3) is 0 Å². The van der Waals surface area contributed by atoms with E-state index in [0.29, 0.717) is 12.6 Å². The third-order valence-corrected chi connectivity index (χ3v) is 2.57. The van der Waals surface area contributed by atoms with E-state index < -0.39 is 0 Å². The molecular formula is C14H17NO2. The molecule has 0 amide bonds. The highest BCUT2D eigenvalue weighted by Gasteiger charge is 2.22. The number of hydrogen-bond donors (Lipinski definition) is 1. The number of ether oxygens (including phenoxy) is 1. The molecule has 0 heterocycles. The Morgan fingerprint density at radius 2 is 2.12 bits per heavy atom. The normalized spacial score (nSPS) is 15.5. The van der Waals surface area contributed by atoms with Gasteiger partial charge in [0.15, 0.2) is 0 Å². The zero-order valence-corrected chi connectivity index (χ0v) is 9.98. The number of nitrogens with one attached hydrogen (secondary N) is 1. The average molecular weight is 231 g/mol. The van der Waals surface area contributed by atoms with Gasteiger partial charge >= 0.3 is 5.97 Å². The third kappa shape index (κ3) is 3.63. The first-order valence-corrected chi connectivity index (χ1v) is 6.00. The van der Waals surface area contributed by atoms with Crippen LogP contribution in [-0.4, -0.2) is 18.6 Å². The van der Waals surface area contributed by atoms with Crippen molar-refractivity contribution in [1.29, 1.82) is 0 Å². The van der Waals surface area contributed by atoms with Crippen molar-refractivity contribution in [2.75, 3.05) is 6.61 Å². The lowest BCUT2D eigenvalue weighted by atomic mass is 10.1. The quantitative estimate of drug-likeness (QED) is 0.624. The molecule has 0 aromatic heterocycles. The van der Waals surface area contributed by atoms with E-state index in [1.807, 2.05) is 37.3 Å². The van der Waals surface area contributed by atoms with Gasteiger partial charge in [-0.05, 0) is 25.3 Å². The largest absolute Gasteiger partial charge is 0.463 e. The van der Waals surface area contributed by atoms with Crippen LogP contribution in [0.25, 0.3) is 5.70 Å². The van der Waals surface area contributed by atoms with Crippen LogP contribution in [0.1, 0.15) is 25.3 Å². The molecule has 0 radical (unpaired) electrons. The molecule has 17 heavy (non-hydrogen) atoms. The van der Waals surface area contributed by atoms with Crippen molar-refractivity contribution < 1.29 is 9.53 Å². The van der Waals surface area contributed by atoms with Gasteiger partial charge in [0.05, 0.1) is 6.61 Å². The van der Waals surface area contributed by atoms with Crippen LogP contribution in [0.2, 0.25) is 0 Å². The number of rotatable bonds is 5. The van der Waals surface area contributed by atoms with Gasteiger partial charge in [0.2, 0.25) is 0 Å². The van der Waals surface area contributed by atoms with Crippen molar-refractivity contribution in [3.05, 3.63) is 42.0 Å². The highest BCUT2D eigenvalue weighted by atomic mass is 16.5. The molecule has 0 saturated heterocycles. The van der Waals surface area contributed by atoms with E-state index >= 15 is 0 Å². The number of carbonyl (C=O) groups is 1. The molecule has 0 atom stereocenters. The van der Waals surface area contributed by atoms with Gasteiger partial charge in [-0.3, -0.25) is 0 Å². The maximum atomic E-state index is 11.5. The standard InChI is InChI=1S/C14H17NO2/c1-2-17-14(16)10-13(15-12-8-9-12)11-6-4-3-5-7-11/h3-7,10,12,15H,2,8-9H2,1H3/b13-10-. The molecular weight excluding hydrogens is 214 g/mol. The van der Waals surface area contributed by atoms with Gasteiger partial charge in [-0.15, -0.1) is 0 Å². The number of esters is 1. The molecule has 1 fully saturated rings. The molecule has 1 aliphatic rings. The molecule has 2 rings (SSSR count). The SMILES string of the molecule is CCOC(=O)/C=C(\NC1CC1)c1ccccc1. The van der Waals surface area contributed by atoms with Gasteiger partial charge in [0, 0.05) is 17.8 Å². The Kier molecular flexibility index (Phi) is 3.81. The van der Waals surface area contributed by atoms with E-state index in [1.54, 1.807) is 0 Å². The summed E-state index contributed by atoms with van der Waals surface area (Å²) in [6.07, 6.45) is 3.89. The first-order chi connectivity index (χ1) is 8.29. The molecule has 1 aromatic rings. The topological polar surface area (TPSA) is 38.3 Å². The van der Waals surface area contributed by atoms with Gasteiger partial charge in [-0.25, -0.2) is 4.79 Å². The van der Waals surface area contributed by atoms with E-state index in [9.17, 15) is 4.79 Å². The number of hydrogen-bond acceptors (Lipinski definition) is 3. The maximum absolute atomic E-state index is 11.5. The van der Waals surface area contributed by atoms with Crippen molar-refractivity contribution in [3.63, 3.8) is 0 Å². The third-order valence-electron chi connectivity index (χ3n) is 2.57. The van der Waals surface area contributed by atoms with E-state index in [1.165, 1.54) is 18.9 Å². The Morgan fingerprint density at radius 1 is 1.41 bits per heavy atom.